The molecule has 0 bridgehead atoms. The van der Waals surface area contributed by atoms with Gasteiger partial charge >= 0.3 is 0 Å². The Kier molecular flexibility index (Phi) is 12.3. The van der Waals surface area contributed by atoms with E-state index in [0.717, 1.165) is 16.9 Å². The van der Waals surface area contributed by atoms with Crippen LogP contribution in [0.4, 0.5) is 0 Å². The van der Waals surface area contributed by atoms with E-state index in [1.54, 1.807) is 6.92 Å². The molecule has 2 aromatic rings. The van der Waals surface area contributed by atoms with Crippen LogP contribution in [-0.2, 0) is 22.6 Å². The van der Waals surface area contributed by atoms with Crippen LogP contribution in [0.2, 0.25) is 0 Å². The molecule has 0 aliphatic rings. The summed E-state index contributed by atoms with van der Waals surface area (Å²) < 4.78 is 5.89. The summed E-state index contributed by atoms with van der Waals surface area (Å²) in [4.78, 5) is 28.7. The minimum Gasteiger partial charge on any atom is -0.489 e. The SMILES string of the molecule is CC(C)C[C@@H](C(=O)NC(Cc1ccc(OCc2ccccc2)cc1)C(=O)NC(C)(C)C)N(C)CC[C@@H](C)O. The van der Waals surface area contributed by atoms with E-state index in [1.165, 1.54) is 0 Å². The van der Waals surface area contributed by atoms with Gasteiger partial charge < -0.3 is 20.5 Å². The first-order valence-corrected chi connectivity index (χ1v) is 13.6. The van der Waals surface area contributed by atoms with Crippen molar-refractivity contribution in [3.63, 3.8) is 0 Å². The lowest BCUT2D eigenvalue weighted by Crippen LogP contribution is -2.56. The number of benzene rings is 2. The van der Waals surface area contributed by atoms with E-state index >= 15 is 0 Å². The van der Waals surface area contributed by atoms with Crippen molar-refractivity contribution in [2.75, 3.05) is 13.6 Å². The quantitative estimate of drug-likeness (QED) is 0.342. The van der Waals surface area contributed by atoms with E-state index in [2.05, 4.69) is 24.5 Å². The van der Waals surface area contributed by atoms with E-state index in [0.29, 0.717) is 38.3 Å². The Balaban J connectivity index is 2.14. The fraction of sp³-hybridized carbons (Fsp3) is 0.548. The molecule has 2 aromatic carbocycles. The van der Waals surface area contributed by atoms with Gasteiger partial charge in [0.1, 0.15) is 18.4 Å². The molecule has 0 aliphatic carbocycles. The third-order valence-electron chi connectivity index (χ3n) is 6.17. The van der Waals surface area contributed by atoms with Crippen molar-refractivity contribution in [2.24, 2.45) is 5.92 Å². The number of aliphatic hydroxyl groups is 1. The average Bonchev–Trinajstić information content (AvgIpc) is 2.84. The topological polar surface area (TPSA) is 90.9 Å². The molecule has 0 spiro atoms. The molecule has 210 valence electrons. The summed E-state index contributed by atoms with van der Waals surface area (Å²) in [5, 5.41) is 15.8. The number of hydrogen-bond acceptors (Lipinski definition) is 5. The van der Waals surface area contributed by atoms with Crippen LogP contribution in [0.25, 0.3) is 0 Å². The number of hydrogen-bond donors (Lipinski definition) is 3. The van der Waals surface area contributed by atoms with Crippen LogP contribution >= 0.6 is 0 Å². The second kappa shape index (κ2) is 14.9. The van der Waals surface area contributed by atoms with Gasteiger partial charge in [-0.1, -0.05) is 56.3 Å². The predicted molar refractivity (Wildman–Crippen MR) is 153 cm³/mol. The molecule has 0 saturated heterocycles. The first kappa shape index (κ1) is 31.3. The third kappa shape index (κ3) is 11.7. The molecular weight excluding hydrogens is 478 g/mol. The molecular formula is C31H47N3O4. The zero-order chi connectivity index (χ0) is 28.3. The average molecular weight is 526 g/mol. The van der Waals surface area contributed by atoms with Crippen molar-refractivity contribution in [1.82, 2.24) is 15.5 Å². The summed E-state index contributed by atoms with van der Waals surface area (Å²) in [6.07, 6.45) is 1.15. The number of amides is 2. The predicted octanol–water partition coefficient (Wildman–Crippen LogP) is 4.33. The highest BCUT2D eigenvalue weighted by Crippen LogP contribution is 2.17. The van der Waals surface area contributed by atoms with Crippen molar-refractivity contribution >= 4 is 11.8 Å². The van der Waals surface area contributed by atoms with Crippen LogP contribution in [-0.4, -0.2) is 59.1 Å². The van der Waals surface area contributed by atoms with Crippen molar-refractivity contribution in [3.8, 4) is 5.75 Å². The lowest BCUT2D eigenvalue weighted by Gasteiger charge is -2.31. The molecule has 7 nitrogen and oxygen atoms in total. The van der Waals surface area contributed by atoms with Gasteiger partial charge in [-0.15, -0.1) is 0 Å². The Morgan fingerprint density at radius 2 is 1.58 bits per heavy atom. The Hall–Kier alpha value is -2.90. The maximum absolute atomic E-state index is 13.5. The van der Waals surface area contributed by atoms with Gasteiger partial charge in [-0.3, -0.25) is 14.5 Å². The Bertz CT molecular complexity index is 984. The number of likely N-dealkylation sites (N-methyl/N-ethyl adjacent to an activating group) is 1. The normalized spacial score (nSPS) is 14.2. The summed E-state index contributed by atoms with van der Waals surface area (Å²) in [5.41, 5.74) is 1.59. The molecule has 0 aromatic heterocycles. The number of carbonyl (C=O) groups is 2. The number of nitrogens with one attached hydrogen (secondary N) is 2. The lowest BCUT2D eigenvalue weighted by molar-refractivity contribution is -0.132. The van der Waals surface area contributed by atoms with Crippen LogP contribution in [0.1, 0.15) is 65.5 Å². The summed E-state index contributed by atoms with van der Waals surface area (Å²) in [6, 6.07) is 16.5. The molecule has 0 saturated carbocycles. The van der Waals surface area contributed by atoms with E-state index in [9.17, 15) is 14.7 Å². The molecule has 0 fully saturated rings. The van der Waals surface area contributed by atoms with Crippen molar-refractivity contribution < 1.29 is 19.4 Å². The number of nitrogens with zero attached hydrogens (tertiary/aromatic N) is 1. The maximum atomic E-state index is 13.5. The molecule has 0 heterocycles. The molecule has 1 unspecified atom stereocenters. The van der Waals surface area contributed by atoms with Gasteiger partial charge in [0.25, 0.3) is 0 Å². The monoisotopic (exact) mass is 525 g/mol. The smallest absolute Gasteiger partial charge is 0.243 e. The second-order valence-corrected chi connectivity index (χ2v) is 11.7. The van der Waals surface area contributed by atoms with E-state index in [-0.39, 0.29) is 11.8 Å². The summed E-state index contributed by atoms with van der Waals surface area (Å²) >= 11 is 0. The van der Waals surface area contributed by atoms with Crippen LogP contribution in [0.3, 0.4) is 0 Å². The maximum Gasteiger partial charge on any atom is 0.243 e. The van der Waals surface area contributed by atoms with Crippen molar-refractivity contribution in [3.05, 3.63) is 65.7 Å². The van der Waals surface area contributed by atoms with Gasteiger partial charge in [-0.05, 0) is 76.8 Å². The molecule has 38 heavy (non-hydrogen) atoms. The van der Waals surface area contributed by atoms with Crippen LogP contribution in [0, 0.1) is 5.92 Å². The van der Waals surface area contributed by atoms with Gasteiger partial charge in [0, 0.05) is 18.5 Å². The van der Waals surface area contributed by atoms with Gasteiger partial charge in [-0.2, -0.15) is 0 Å². The zero-order valence-electron chi connectivity index (χ0n) is 24.2. The Morgan fingerprint density at radius 3 is 2.13 bits per heavy atom. The van der Waals surface area contributed by atoms with Gasteiger partial charge in [0.05, 0.1) is 12.1 Å². The largest absolute Gasteiger partial charge is 0.489 e. The standard InChI is InChI=1S/C31H47N3O4/c1-22(2)19-28(34(7)18-17-23(3)35)30(37)32-27(29(36)33-31(4,5)6)20-24-13-15-26(16-14-24)38-21-25-11-9-8-10-12-25/h8-16,22-23,27-28,35H,17-21H2,1-7H3,(H,32,37)(H,33,36)/t23-,27?,28+/m1/s1. The van der Waals surface area contributed by atoms with Crippen molar-refractivity contribution in [1.29, 1.82) is 0 Å². The third-order valence-corrected chi connectivity index (χ3v) is 6.17. The minimum atomic E-state index is -0.724. The Morgan fingerprint density at radius 1 is 0.947 bits per heavy atom. The first-order chi connectivity index (χ1) is 17.8. The molecule has 0 radical (unpaired) electrons. The highest BCUT2D eigenvalue weighted by Gasteiger charge is 2.30. The molecule has 3 atom stereocenters. The highest BCUT2D eigenvalue weighted by atomic mass is 16.5. The highest BCUT2D eigenvalue weighted by molar-refractivity contribution is 5.90. The minimum absolute atomic E-state index is 0.177. The first-order valence-electron chi connectivity index (χ1n) is 13.6. The van der Waals surface area contributed by atoms with E-state index in [1.807, 2.05) is 87.3 Å². The number of ether oxygens (including phenoxy) is 1. The van der Waals surface area contributed by atoms with E-state index in [4.69, 9.17) is 4.74 Å². The van der Waals surface area contributed by atoms with Crippen LogP contribution < -0.4 is 15.4 Å². The van der Waals surface area contributed by atoms with Crippen LogP contribution in [0.5, 0.6) is 5.75 Å². The summed E-state index contributed by atoms with van der Waals surface area (Å²) in [7, 11) is 1.90. The number of aliphatic hydroxyl groups excluding tert-OH is 1. The summed E-state index contributed by atoms with van der Waals surface area (Å²) in [5.74, 6) is 0.646. The van der Waals surface area contributed by atoms with Gasteiger partial charge in [-0.25, -0.2) is 0 Å². The molecule has 0 aliphatic heterocycles. The molecule has 2 rings (SSSR count). The van der Waals surface area contributed by atoms with E-state index < -0.39 is 23.7 Å². The van der Waals surface area contributed by atoms with Crippen LogP contribution in [0.15, 0.2) is 54.6 Å². The molecule has 2 amide bonds. The van der Waals surface area contributed by atoms with Gasteiger partial charge in [0.2, 0.25) is 11.8 Å². The molecule has 3 N–H and O–H groups in total. The Labute approximate surface area is 229 Å². The fourth-order valence-corrected chi connectivity index (χ4v) is 4.11. The number of rotatable bonds is 14. The summed E-state index contributed by atoms with van der Waals surface area (Å²) in [6.45, 7) is 12.7. The van der Waals surface area contributed by atoms with Gasteiger partial charge in [0.15, 0.2) is 0 Å². The molecule has 7 heteroatoms. The lowest BCUT2D eigenvalue weighted by atomic mass is 9.99. The van der Waals surface area contributed by atoms with Crippen molar-refractivity contribution in [2.45, 2.75) is 91.1 Å². The second-order valence-electron chi connectivity index (χ2n) is 11.7. The fourth-order valence-electron chi connectivity index (χ4n) is 4.11. The number of carbonyl (C=O) groups excluding carboxylic acids is 2. The zero-order valence-corrected chi connectivity index (χ0v) is 24.2.